The molecular formula is C12H24O4Si. The molecular weight excluding hydrogens is 236 g/mol. The smallest absolute Gasteiger partial charge is 0.313 e. The molecule has 0 saturated heterocycles. The Balaban J connectivity index is 4.50. The third-order valence-corrected chi connectivity index (χ3v) is 7.83. The topological polar surface area (TPSA) is 52.6 Å². The molecule has 0 amide bonds. The molecule has 0 aliphatic heterocycles. The van der Waals surface area contributed by atoms with Gasteiger partial charge in [-0.05, 0) is 25.1 Å². The van der Waals surface area contributed by atoms with Crippen molar-refractivity contribution in [2.24, 2.45) is 0 Å². The van der Waals surface area contributed by atoms with Crippen LogP contribution < -0.4 is 0 Å². The summed E-state index contributed by atoms with van der Waals surface area (Å²) in [4.78, 5) is 22.7. The summed E-state index contributed by atoms with van der Waals surface area (Å²) < 4.78 is 10.4. The van der Waals surface area contributed by atoms with Gasteiger partial charge < -0.3 is 9.16 Å². The van der Waals surface area contributed by atoms with E-state index in [1.165, 1.54) is 7.11 Å². The lowest BCUT2D eigenvalue weighted by Crippen LogP contribution is -2.45. The largest absolute Gasteiger partial charge is 0.469 e. The van der Waals surface area contributed by atoms with Gasteiger partial charge in [0.15, 0.2) is 14.1 Å². The number of ketones is 1. The quantitative estimate of drug-likeness (QED) is 0.433. The highest BCUT2D eigenvalue weighted by atomic mass is 28.4. The molecule has 0 spiro atoms. The average Bonchev–Trinajstić information content (AvgIpc) is 2.14. The van der Waals surface area contributed by atoms with Crippen LogP contribution in [0.3, 0.4) is 0 Å². The van der Waals surface area contributed by atoms with E-state index in [1.807, 2.05) is 0 Å². The summed E-state index contributed by atoms with van der Waals surface area (Å²) in [5.74, 6) is -0.734. The van der Waals surface area contributed by atoms with Crippen molar-refractivity contribution >= 4 is 20.1 Å². The summed E-state index contributed by atoms with van der Waals surface area (Å²) in [6, 6.07) is 0. The Bertz CT molecular complexity index is 291. The minimum absolute atomic E-state index is 0.0484. The zero-order chi connectivity index (χ0) is 13.9. The normalized spacial score (nSPS) is 14.3. The first kappa shape index (κ1) is 16.3. The molecule has 0 aromatic carbocycles. The van der Waals surface area contributed by atoms with Crippen LogP contribution in [0.1, 0.15) is 34.1 Å². The van der Waals surface area contributed by atoms with Gasteiger partial charge in [0.25, 0.3) is 0 Å². The van der Waals surface area contributed by atoms with Gasteiger partial charge in [-0.2, -0.15) is 0 Å². The monoisotopic (exact) mass is 260 g/mol. The van der Waals surface area contributed by atoms with Gasteiger partial charge in [-0.3, -0.25) is 9.59 Å². The van der Waals surface area contributed by atoms with Gasteiger partial charge in [0.05, 0.1) is 7.11 Å². The van der Waals surface area contributed by atoms with Crippen molar-refractivity contribution in [3.8, 4) is 0 Å². The molecule has 0 aliphatic carbocycles. The SMILES string of the molecule is COC(=O)CC(=O)[C@@H](C)O[Si](C)(C)C(C)(C)C. The number of carbonyl (C=O) groups excluding carboxylic acids is 2. The lowest BCUT2D eigenvalue weighted by Gasteiger charge is -2.38. The summed E-state index contributed by atoms with van der Waals surface area (Å²) in [5.41, 5.74) is 0. The highest BCUT2D eigenvalue weighted by molar-refractivity contribution is 6.74. The minimum Gasteiger partial charge on any atom is -0.469 e. The number of Topliss-reactive ketones (excluding diaryl/α,β-unsaturated/α-hetero) is 1. The number of carbonyl (C=O) groups is 2. The molecule has 0 saturated carbocycles. The molecule has 0 aliphatic rings. The molecule has 0 fully saturated rings. The van der Waals surface area contributed by atoms with Gasteiger partial charge in [-0.25, -0.2) is 0 Å². The van der Waals surface area contributed by atoms with Gasteiger partial charge in [0.2, 0.25) is 0 Å². The summed E-state index contributed by atoms with van der Waals surface area (Å²) >= 11 is 0. The molecule has 1 atom stereocenters. The predicted octanol–water partition coefficient (Wildman–Crippen LogP) is 2.53. The van der Waals surface area contributed by atoms with Crippen molar-refractivity contribution in [1.29, 1.82) is 0 Å². The van der Waals surface area contributed by atoms with Crippen molar-refractivity contribution in [2.45, 2.75) is 58.4 Å². The number of hydrogen-bond donors (Lipinski definition) is 0. The van der Waals surface area contributed by atoms with Gasteiger partial charge in [0, 0.05) is 0 Å². The van der Waals surface area contributed by atoms with Crippen LogP contribution in [0.2, 0.25) is 18.1 Å². The lowest BCUT2D eigenvalue weighted by molar-refractivity contribution is -0.144. The van der Waals surface area contributed by atoms with E-state index < -0.39 is 20.4 Å². The van der Waals surface area contributed by atoms with Crippen molar-refractivity contribution in [3.63, 3.8) is 0 Å². The van der Waals surface area contributed by atoms with Crippen LogP contribution >= 0.6 is 0 Å². The molecule has 100 valence electrons. The summed E-state index contributed by atoms with van der Waals surface area (Å²) in [7, 11) is -0.692. The molecule has 0 N–H and O–H groups in total. The maximum absolute atomic E-state index is 11.7. The molecule has 0 unspecified atom stereocenters. The van der Waals surface area contributed by atoms with Gasteiger partial charge >= 0.3 is 5.97 Å². The molecule has 5 heteroatoms. The van der Waals surface area contributed by atoms with Gasteiger partial charge in [0.1, 0.15) is 12.5 Å². The van der Waals surface area contributed by atoms with E-state index in [1.54, 1.807) is 6.92 Å². The Labute approximate surface area is 105 Å². The fourth-order valence-corrected chi connectivity index (χ4v) is 2.41. The molecule has 0 heterocycles. The predicted molar refractivity (Wildman–Crippen MR) is 69.4 cm³/mol. The fraction of sp³-hybridized carbons (Fsp3) is 0.833. The molecule has 0 radical (unpaired) electrons. The number of rotatable bonds is 5. The van der Waals surface area contributed by atoms with E-state index in [0.717, 1.165) is 0 Å². The number of methoxy groups -OCH3 is 1. The maximum Gasteiger partial charge on any atom is 0.313 e. The van der Waals surface area contributed by atoms with Crippen molar-refractivity contribution in [2.75, 3.05) is 7.11 Å². The van der Waals surface area contributed by atoms with Crippen LogP contribution in [-0.4, -0.2) is 33.3 Å². The maximum atomic E-state index is 11.7. The highest BCUT2D eigenvalue weighted by Gasteiger charge is 2.39. The second-order valence-electron chi connectivity index (χ2n) is 5.74. The Kier molecular flexibility index (Phi) is 5.54. The van der Waals surface area contributed by atoms with Crippen molar-refractivity contribution < 1.29 is 18.8 Å². The molecule has 0 rings (SSSR count). The number of esters is 1. The molecule has 0 aromatic rings. The minimum atomic E-state index is -1.96. The van der Waals surface area contributed by atoms with E-state index in [2.05, 4.69) is 38.6 Å². The zero-order valence-corrected chi connectivity index (χ0v) is 12.9. The third kappa shape index (κ3) is 5.00. The first-order chi connectivity index (χ1) is 7.51. The van der Waals surface area contributed by atoms with Crippen LogP contribution in [0.4, 0.5) is 0 Å². The van der Waals surface area contributed by atoms with Gasteiger partial charge in [-0.1, -0.05) is 20.8 Å². The Morgan fingerprint density at radius 1 is 1.24 bits per heavy atom. The van der Waals surface area contributed by atoms with Gasteiger partial charge in [-0.15, -0.1) is 0 Å². The third-order valence-electron chi connectivity index (χ3n) is 3.28. The molecule has 4 nitrogen and oxygen atoms in total. The summed E-state index contributed by atoms with van der Waals surface area (Å²) in [6.07, 6.45) is -0.762. The summed E-state index contributed by atoms with van der Waals surface area (Å²) in [5, 5.41) is 0.0484. The lowest BCUT2D eigenvalue weighted by atomic mass is 10.2. The Hall–Kier alpha value is -0.683. The average molecular weight is 260 g/mol. The molecule has 17 heavy (non-hydrogen) atoms. The first-order valence-corrected chi connectivity index (χ1v) is 8.69. The number of ether oxygens (including phenoxy) is 1. The van der Waals surface area contributed by atoms with E-state index >= 15 is 0 Å². The second-order valence-corrected chi connectivity index (χ2v) is 10.5. The van der Waals surface area contributed by atoms with E-state index in [0.29, 0.717) is 0 Å². The van der Waals surface area contributed by atoms with E-state index in [9.17, 15) is 9.59 Å². The van der Waals surface area contributed by atoms with Crippen LogP contribution in [0.25, 0.3) is 0 Å². The summed E-state index contributed by atoms with van der Waals surface area (Å²) in [6.45, 7) is 12.2. The van der Waals surface area contributed by atoms with Crippen LogP contribution in [-0.2, 0) is 18.8 Å². The van der Waals surface area contributed by atoms with E-state index in [-0.39, 0.29) is 17.2 Å². The van der Waals surface area contributed by atoms with Crippen LogP contribution in [0.5, 0.6) is 0 Å². The fourth-order valence-electron chi connectivity index (χ4n) is 1.04. The standard InChI is InChI=1S/C12H24O4Si/c1-9(10(13)8-11(14)15-5)16-17(6,7)12(2,3)4/h9H,8H2,1-7H3/t9-/m1/s1. The molecule has 0 aromatic heterocycles. The second kappa shape index (κ2) is 5.77. The zero-order valence-electron chi connectivity index (χ0n) is 11.9. The number of hydrogen-bond acceptors (Lipinski definition) is 4. The highest BCUT2D eigenvalue weighted by Crippen LogP contribution is 2.37. The van der Waals surface area contributed by atoms with Crippen LogP contribution in [0, 0.1) is 0 Å². The van der Waals surface area contributed by atoms with Crippen molar-refractivity contribution in [1.82, 2.24) is 0 Å². The van der Waals surface area contributed by atoms with Crippen LogP contribution in [0.15, 0.2) is 0 Å². The van der Waals surface area contributed by atoms with E-state index in [4.69, 9.17) is 4.43 Å². The first-order valence-electron chi connectivity index (χ1n) is 5.78. The van der Waals surface area contributed by atoms with Crippen molar-refractivity contribution in [3.05, 3.63) is 0 Å². The Morgan fingerprint density at radius 3 is 2.06 bits per heavy atom. The Morgan fingerprint density at radius 2 is 1.71 bits per heavy atom. The molecule has 0 bridgehead atoms.